The molecule has 112 valence electrons. The molecule has 21 heavy (non-hydrogen) atoms. The summed E-state index contributed by atoms with van der Waals surface area (Å²) >= 11 is 2.87. The average Bonchev–Trinajstić information content (AvgIpc) is 2.85. The van der Waals surface area contributed by atoms with Gasteiger partial charge in [0.25, 0.3) is 5.78 Å². The van der Waals surface area contributed by atoms with Gasteiger partial charge in [0.05, 0.1) is 22.8 Å². The molecule has 2 rings (SSSR count). The van der Waals surface area contributed by atoms with Crippen LogP contribution in [0.5, 0.6) is 0 Å². The second-order valence-corrected chi connectivity index (χ2v) is 4.93. The summed E-state index contributed by atoms with van der Waals surface area (Å²) in [5.41, 5.74) is -1.07. The van der Waals surface area contributed by atoms with Crippen LogP contribution in [0.15, 0.2) is 29.0 Å². The normalized spacial score (nSPS) is 11.7. The molecular weight excluding hydrogens is 363 g/mol. The minimum atomic E-state index is -5.03. The largest absolute Gasteiger partial charge is 0.454 e. The zero-order valence-corrected chi connectivity index (χ0v) is 11.7. The van der Waals surface area contributed by atoms with E-state index in [1.54, 1.807) is 0 Å². The molecule has 2 aromatic rings. The van der Waals surface area contributed by atoms with E-state index in [2.05, 4.69) is 21.0 Å². The summed E-state index contributed by atoms with van der Waals surface area (Å²) in [6.45, 7) is -0.442. The number of Topliss-reactive ketones (excluding diaryl/α,β-unsaturated/α-hetero) is 1. The number of carbonyl (C=O) groups excluding carboxylic acids is 1. The van der Waals surface area contributed by atoms with E-state index >= 15 is 0 Å². The Balaban J connectivity index is 2.29. The zero-order chi connectivity index (χ0) is 15.8. The molecule has 0 N–H and O–H groups in total. The van der Waals surface area contributed by atoms with Crippen molar-refractivity contribution in [1.29, 1.82) is 0 Å². The highest BCUT2D eigenvalue weighted by molar-refractivity contribution is 9.10. The van der Waals surface area contributed by atoms with Gasteiger partial charge in [-0.15, -0.1) is 0 Å². The van der Waals surface area contributed by atoms with Gasteiger partial charge in [0.15, 0.2) is 0 Å². The van der Waals surface area contributed by atoms with Crippen LogP contribution >= 0.6 is 15.9 Å². The van der Waals surface area contributed by atoms with Crippen molar-refractivity contribution in [3.8, 4) is 0 Å². The predicted molar refractivity (Wildman–Crippen MR) is 65.8 cm³/mol. The van der Waals surface area contributed by atoms with Crippen molar-refractivity contribution in [1.82, 2.24) is 9.78 Å². The lowest BCUT2D eigenvalue weighted by Crippen LogP contribution is -2.22. The number of ketones is 1. The molecule has 0 bridgehead atoms. The van der Waals surface area contributed by atoms with Crippen LogP contribution < -0.4 is 0 Å². The van der Waals surface area contributed by atoms with Gasteiger partial charge < -0.3 is 0 Å². The van der Waals surface area contributed by atoms with E-state index in [1.807, 2.05) is 0 Å². The third-order valence-corrected chi connectivity index (χ3v) is 3.22. The second-order valence-electron chi connectivity index (χ2n) is 4.08. The van der Waals surface area contributed by atoms with E-state index in [0.717, 1.165) is 23.0 Å². The molecule has 1 heterocycles. The number of halogens is 6. The van der Waals surface area contributed by atoms with Crippen LogP contribution in [0.4, 0.5) is 22.0 Å². The Morgan fingerprint density at radius 3 is 2.57 bits per heavy atom. The molecule has 0 spiro atoms. The minimum absolute atomic E-state index is 0.0117. The van der Waals surface area contributed by atoms with Gasteiger partial charge in [0.1, 0.15) is 11.6 Å². The van der Waals surface area contributed by atoms with Crippen molar-refractivity contribution in [3.63, 3.8) is 0 Å². The molecule has 0 atom stereocenters. The number of rotatable bonds is 3. The first-order valence-electron chi connectivity index (χ1n) is 5.46. The summed E-state index contributed by atoms with van der Waals surface area (Å²) in [5, 5.41) is 3.51. The number of aromatic nitrogens is 2. The van der Waals surface area contributed by atoms with E-state index in [0.29, 0.717) is 6.20 Å². The molecule has 0 radical (unpaired) electrons. The summed E-state index contributed by atoms with van der Waals surface area (Å²) in [4.78, 5) is 11.0. The average molecular weight is 369 g/mol. The van der Waals surface area contributed by atoms with Crippen LogP contribution in [0.3, 0.4) is 0 Å². The Morgan fingerprint density at radius 1 is 1.29 bits per heavy atom. The van der Waals surface area contributed by atoms with E-state index in [-0.39, 0.29) is 10.0 Å². The molecule has 0 fully saturated rings. The van der Waals surface area contributed by atoms with Crippen LogP contribution in [0.1, 0.15) is 15.9 Å². The summed E-state index contributed by atoms with van der Waals surface area (Å²) < 4.78 is 64.8. The molecule has 1 aromatic carbocycles. The molecule has 0 aliphatic carbocycles. The van der Waals surface area contributed by atoms with Crippen LogP contribution in [-0.2, 0) is 6.54 Å². The standard InChI is InChI=1S/C12H6BrF5N2O/c13-8-1-2-9(14)7(10(8)15)5-20-4-6(3-19-20)11(21)12(16,17)18/h1-4H,5H2. The van der Waals surface area contributed by atoms with E-state index in [1.165, 1.54) is 0 Å². The Morgan fingerprint density at radius 2 is 1.95 bits per heavy atom. The van der Waals surface area contributed by atoms with Crippen LogP contribution in [0, 0.1) is 11.6 Å². The van der Waals surface area contributed by atoms with Crippen molar-refractivity contribution < 1.29 is 26.7 Å². The van der Waals surface area contributed by atoms with Gasteiger partial charge in [-0.2, -0.15) is 18.3 Å². The maximum atomic E-state index is 13.7. The Labute approximate surface area is 123 Å². The topological polar surface area (TPSA) is 34.9 Å². The number of nitrogens with zero attached hydrogens (tertiary/aromatic N) is 2. The number of hydrogen-bond acceptors (Lipinski definition) is 2. The van der Waals surface area contributed by atoms with Crippen molar-refractivity contribution in [3.05, 3.63) is 51.8 Å². The van der Waals surface area contributed by atoms with E-state index < -0.39 is 35.7 Å². The van der Waals surface area contributed by atoms with Crippen molar-refractivity contribution in [2.24, 2.45) is 0 Å². The van der Waals surface area contributed by atoms with E-state index in [4.69, 9.17) is 0 Å². The van der Waals surface area contributed by atoms with Gasteiger partial charge in [0, 0.05) is 11.8 Å². The predicted octanol–water partition coefficient (Wildman–Crippen LogP) is 3.72. The van der Waals surface area contributed by atoms with Gasteiger partial charge in [-0.1, -0.05) is 0 Å². The third-order valence-electron chi connectivity index (χ3n) is 2.61. The fourth-order valence-electron chi connectivity index (χ4n) is 1.61. The lowest BCUT2D eigenvalue weighted by atomic mass is 10.2. The van der Waals surface area contributed by atoms with Crippen molar-refractivity contribution in [2.45, 2.75) is 12.7 Å². The molecule has 0 aliphatic rings. The zero-order valence-electron chi connectivity index (χ0n) is 10.1. The highest BCUT2D eigenvalue weighted by Gasteiger charge is 2.40. The van der Waals surface area contributed by atoms with Gasteiger partial charge >= 0.3 is 6.18 Å². The molecule has 3 nitrogen and oxygen atoms in total. The Hall–Kier alpha value is -1.77. The summed E-state index contributed by atoms with van der Waals surface area (Å²) in [6.07, 6.45) is -3.54. The number of hydrogen-bond donors (Lipinski definition) is 0. The highest BCUT2D eigenvalue weighted by Crippen LogP contribution is 2.24. The lowest BCUT2D eigenvalue weighted by Gasteiger charge is -2.06. The molecule has 0 aliphatic heterocycles. The first-order chi connectivity index (χ1) is 9.70. The molecule has 1 aromatic heterocycles. The van der Waals surface area contributed by atoms with Crippen molar-refractivity contribution >= 4 is 21.7 Å². The maximum Gasteiger partial charge on any atom is 0.454 e. The van der Waals surface area contributed by atoms with Crippen LogP contribution in [-0.4, -0.2) is 21.7 Å². The summed E-state index contributed by atoms with van der Waals surface area (Å²) in [5.74, 6) is -3.81. The quantitative estimate of drug-likeness (QED) is 0.470. The third kappa shape index (κ3) is 3.29. The monoisotopic (exact) mass is 368 g/mol. The smallest absolute Gasteiger partial charge is 0.284 e. The maximum absolute atomic E-state index is 13.7. The first-order valence-corrected chi connectivity index (χ1v) is 6.26. The first kappa shape index (κ1) is 15.6. The van der Waals surface area contributed by atoms with Crippen molar-refractivity contribution in [2.75, 3.05) is 0 Å². The summed E-state index contributed by atoms with van der Waals surface area (Å²) in [6, 6.07) is 2.17. The molecule has 0 amide bonds. The fraction of sp³-hybridized carbons (Fsp3) is 0.167. The fourth-order valence-corrected chi connectivity index (χ4v) is 1.98. The molecule has 0 unspecified atom stereocenters. The molecule has 9 heteroatoms. The Kier molecular flexibility index (Phi) is 4.13. The van der Waals surface area contributed by atoms with Gasteiger partial charge in [-0.05, 0) is 28.1 Å². The molecular formula is C12H6BrF5N2O. The Bertz CT molecular complexity index is 695. The highest BCUT2D eigenvalue weighted by atomic mass is 79.9. The van der Waals surface area contributed by atoms with Crippen LogP contribution in [0.2, 0.25) is 0 Å². The summed E-state index contributed by atoms with van der Waals surface area (Å²) in [7, 11) is 0. The number of alkyl halides is 3. The van der Waals surface area contributed by atoms with Crippen LogP contribution in [0.25, 0.3) is 0 Å². The molecule has 0 saturated heterocycles. The number of carbonyl (C=O) groups is 1. The SMILES string of the molecule is O=C(c1cnn(Cc2c(F)ccc(Br)c2F)c1)C(F)(F)F. The lowest BCUT2D eigenvalue weighted by molar-refractivity contribution is -0.0885. The minimum Gasteiger partial charge on any atom is -0.284 e. The van der Waals surface area contributed by atoms with E-state index in [9.17, 15) is 26.7 Å². The molecule has 0 saturated carbocycles. The second kappa shape index (κ2) is 5.55. The van der Waals surface area contributed by atoms with Gasteiger partial charge in [-0.3, -0.25) is 9.48 Å². The number of benzene rings is 1. The van der Waals surface area contributed by atoms with Gasteiger partial charge in [-0.25, -0.2) is 8.78 Å². The van der Waals surface area contributed by atoms with Gasteiger partial charge in [0.2, 0.25) is 0 Å².